The Labute approximate surface area is 161 Å². The van der Waals surface area contributed by atoms with Crippen LogP contribution in [0.5, 0.6) is 0 Å². The summed E-state index contributed by atoms with van der Waals surface area (Å²) in [5, 5.41) is 17.0. The van der Waals surface area contributed by atoms with E-state index in [1.807, 2.05) is 5.43 Å². The number of hydrogen-bond donors (Lipinski definition) is 4. The molecule has 1 aromatic carbocycles. The highest BCUT2D eigenvalue weighted by Crippen LogP contribution is 2.23. The number of amides is 3. The summed E-state index contributed by atoms with van der Waals surface area (Å²) in [4.78, 5) is 46.5. The summed E-state index contributed by atoms with van der Waals surface area (Å²) in [7, 11) is 0. The van der Waals surface area contributed by atoms with E-state index in [4.69, 9.17) is 4.74 Å². The first-order valence-electron chi connectivity index (χ1n) is 8.69. The maximum Gasteiger partial charge on any atom is 0.426 e. The van der Waals surface area contributed by atoms with Crippen LogP contribution in [0.4, 0.5) is 16.2 Å². The Hall–Kier alpha value is -3.21. The molecule has 1 unspecified atom stereocenters. The van der Waals surface area contributed by atoms with Gasteiger partial charge in [-0.25, -0.2) is 10.2 Å². The fourth-order valence-corrected chi connectivity index (χ4v) is 2.57. The van der Waals surface area contributed by atoms with Crippen molar-refractivity contribution < 1.29 is 24.0 Å². The molecule has 1 aliphatic heterocycles. The van der Waals surface area contributed by atoms with Crippen molar-refractivity contribution in [2.45, 2.75) is 45.3 Å². The largest absolute Gasteiger partial charge is 0.443 e. The molecule has 0 radical (unpaired) electrons. The Balaban J connectivity index is 2.07. The van der Waals surface area contributed by atoms with Crippen LogP contribution in [0.15, 0.2) is 18.2 Å². The number of carbonyl (C=O) groups is 3. The predicted octanol–water partition coefficient (Wildman–Crippen LogP) is 1.45. The van der Waals surface area contributed by atoms with Crippen molar-refractivity contribution in [3.63, 3.8) is 0 Å². The minimum atomic E-state index is -0.906. The number of ether oxygens (including phenoxy) is 1. The van der Waals surface area contributed by atoms with E-state index in [0.717, 1.165) is 19.0 Å². The van der Waals surface area contributed by atoms with Crippen LogP contribution in [-0.2, 0) is 9.53 Å². The van der Waals surface area contributed by atoms with E-state index in [0.29, 0.717) is 6.42 Å². The molecular weight excluding hydrogens is 370 g/mol. The van der Waals surface area contributed by atoms with Crippen LogP contribution < -0.4 is 21.5 Å². The number of hydrogen-bond acceptors (Lipinski definition) is 7. The smallest absolute Gasteiger partial charge is 0.426 e. The Bertz CT molecular complexity index is 783. The third-order valence-corrected chi connectivity index (χ3v) is 3.76. The van der Waals surface area contributed by atoms with Crippen LogP contribution in [0.2, 0.25) is 0 Å². The topological polar surface area (TPSA) is 152 Å². The van der Waals surface area contributed by atoms with Crippen molar-refractivity contribution in [1.29, 1.82) is 0 Å². The normalized spacial score (nSPS) is 16.2. The number of hydrazine groups is 1. The number of nitro benzene ring substituents is 1. The molecule has 1 fully saturated rings. The second-order valence-electron chi connectivity index (χ2n) is 7.21. The van der Waals surface area contributed by atoms with Gasteiger partial charge in [0.15, 0.2) is 0 Å². The Morgan fingerprint density at radius 3 is 2.54 bits per heavy atom. The van der Waals surface area contributed by atoms with E-state index in [1.165, 1.54) is 12.1 Å². The highest BCUT2D eigenvalue weighted by atomic mass is 16.6. The van der Waals surface area contributed by atoms with Crippen LogP contribution in [0.1, 0.15) is 44.0 Å². The van der Waals surface area contributed by atoms with Gasteiger partial charge in [-0.3, -0.25) is 25.1 Å². The van der Waals surface area contributed by atoms with Crippen LogP contribution in [-0.4, -0.2) is 41.0 Å². The molecule has 4 N–H and O–H groups in total. The van der Waals surface area contributed by atoms with E-state index in [9.17, 15) is 24.5 Å². The third kappa shape index (κ3) is 5.91. The summed E-state index contributed by atoms with van der Waals surface area (Å²) >= 11 is 0. The number of nitrogens with zero attached hydrogens (tertiary/aromatic N) is 1. The molecule has 2 rings (SSSR count). The van der Waals surface area contributed by atoms with Crippen molar-refractivity contribution in [3.05, 3.63) is 33.9 Å². The quantitative estimate of drug-likeness (QED) is 0.446. The first-order chi connectivity index (χ1) is 13.1. The van der Waals surface area contributed by atoms with Gasteiger partial charge in [-0.1, -0.05) is 0 Å². The van der Waals surface area contributed by atoms with Gasteiger partial charge in [0.25, 0.3) is 11.6 Å². The SMILES string of the molecule is CC(C)(C)OC(=O)NNC(=O)c1ccc(NC(=O)C2CCCN2)cc1[N+](=O)[O-]. The lowest BCUT2D eigenvalue weighted by atomic mass is 10.1. The molecule has 1 heterocycles. The Kier molecular flexibility index (Phi) is 6.52. The summed E-state index contributed by atoms with van der Waals surface area (Å²) in [6.45, 7) is 5.68. The molecule has 11 nitrogen and oxygen atoms in total. The molecule has 1 aliphatic rings. The number of carbonyl (C=O) groups excluding carboxylic acids is 3. The molecule has 0 aliphatic carbocycles. The number of rotatable bonds is 4. The van der Waals surface area contributed by atoms with Gasteiger partial charge in [0.05, 0.1) is 11.0 Å². The van der Waals surface area contributed by atoms with Crippen LogP contribution in [0, 0.1) is 10.1 Å². The zero-order valence-electron chi connectivity index (χ0n) is 15.8. The van der Waals surface area contributed by atoms with Gasteiger partial charge < -0.3 is 15.4 Å². The summed E-state index contributed by atoms with van der Waals surface area (Å²) in [6.07, 6.45) is 0.656. The number of nitro groups is 1. The van der Waals surface area contributed by atoms with E-state index in [2.05, 4.69) is 16.1 Å². The van der Waals surface area contributed by atoms with Crippen LogP contribution in [0.25, 0.3) is 0 Å². The lowest BCUT2D eigenvalue weighted by molar-refractivity contribution is -0.385. The molecule has 11 heteroatoms. The molecule has 0 saturated carbocycles. The third-order valence-electron chi connectivity index (χ3n) is 3.76. The van der Waals surface area contributed by atoms with Gasteiger partial charge in [0.2, 0.25) is 5.91 Å². The second-order valence-corrected chi connectivity index (χ2v) is 7.21. The van der Waals surface area contributed by atoms with Crippen molar-refractivity contribution in [2.75, 3.05) is 11.9 Å². The van der Waals surface area contributed by atoms with Crippen molar-refractivity contribution in [3.8, 4) is 0 Å². The highest BCUT2D eigenvalue weighted by molar-refractivity contribution is 6.00. The van der Waals surface area contributed by atoms with Crippen molar-refractivity contribution >= 4 is 29.3 Å². The van der Waals surface area contributed by atoms with E-state index < -0.39 is 28.2 Å². The first kappa shape index (κ1) is 21.1. The molecule has 0 aromatic heterocycles. The summed E-state index contributed by atoms with van der Waals surface area (Å²) < 4.78 is 4.96. The maximum absolute atomic E-state index is 12.2. The molecule has 28 heavy (non-hydrogen) atoms. The minimum absolute atomic E-state index is 0.196. The summed E-state index contributed by atoms with van der Waals surface area (Å²) in [5.41, 5.74) is 2.72. The second kappa shape index (κ2) is 8.65. The molecule has 3 amide bonds. The first-order valence-corrected chi connectivity index (χ1v) is 8.69. The lowest BCUT2D eigenvalue weighted by Crippen LogP contribution is -2.44. The molecule has 1 atom stereocenters. The minimum Gasteiger partial charge on any atom is -0.443 e. The van der Waals surface area contributed by atoms with Crippen molar-refractivity contribution in [1.82, 2.24) is 16.2 Å². The monoisotopic (exact) mass is 393 g/mol. The van der Waals surface area contributed by atoms with Gasteiger partial charge in [-0.15, -0.1) is 0 Å². The zero-order chi connectivity index (χ0) is 20.9. The fourth-order valence-electron chi connectivity index (χ4n) is 2.57. The van der Waals surface area contributed by atoms with E-state index >= 15 is 0 Å². The van der Waals surface area contributed by atoms with Gasteiger partial charge >= 0.3 is 6.09 Å². The van der Waals surface area contributed by atoms with Gasteiger partial charge in [0.1, 0.15) is 11.2 Å². The van der Waals surface area contributed by atoms with Crippen molar-refractivity contribution in [2.24, 2.45) is 0 Å². The molecule has 0 spiro atoms. The maximum atomic E-state index is 12.2. The predicted molar refractivity (Wildman–Crippen MR) is 99.6 cm³/mol. The molecule has 1 saturated heterocycles. The summed E-state index contributed by atoms with van der Waals surface area (Å²) in [5.74, 6) is -1.19. The average molecular weight is 393 g/mol. The van der Waals surface area contributed by atoms with Crippen LogP contribution in [0.3, 0.4) is 0 Å². The van der Waals surface area contributed by atoms with Gasteiger partial charge in [0, 0.05) is 11.8 Å². The van der Waals surface area contributed by atoms with Gasteiger partial charge in [-0.2, -0.15) is 0 Å². The molecule has 1 aromatic rings. The van der Waals surface area contributed by atoms with E-state index in [-0.39, 0.29) is 23.2 Å². The van der Waals surface area contributed by atoms with Gasteiger partial charge in [-0.05, 0) is 52.3 Å². The Morgan fingerprint density at radius 1 is 1.25 bits per heavy atom. The lowest BCUT2D eigenvalue weighted by Gasteiger charge is -2.19. The number of anilines is 1. The Morgan fingerprint density at radius 2 is 1.96 bits per heavy atom. The molecule has 0 bridgehead atoms. The fraction of sp³-hybridized carbons (Fsp3) is 0.471. The van der Waals surface area contributed by atoms with Crippen LogP contribution >= 0.6 is 0 Å². The number of nitrogens with one attached hydrogen (secondary N) is 4. The molecular formula is C17H23N5O6. The summed E-state index contributed by atoms with van der Waals surface area (Å²) in [6, 6.07) is 3.32. The number of benzene rings is 1. The van der Waals surface area contributed by atoms with E-state index in [1.54, 1.807) is 20.8 Å². The average Bonchev–Trinajstić information content (AvgIpc) is 3.12. The zero-order valence-corrected chi connectivity index (χ0v) is 15.8. The highest BCUT2D eigenvalue weighted by Gasteiger charge is 2.25. The molecule has 152 valence electrons. The standard InChI is InChI=1S/C17H23N5O6/c1-17(2,3)28-16(25)21-20-14(23)11-7-6-10(9-13(11)22(26)27)19-15(24)12-5-4-8-18-12/h6-7,9,12,18H,4-5,8H2,1-3H3,(H,19,24)(H,20,23)(H,21,25).